The molecule has 0 aliphatic carbocycles. The van der Waals surface area contributed by atoms with Crippen molar-refractivity contribution in [2.45, 2.75) is 13.2 Å². The van der Waals surface area contributed by atoms with Crippen LogP contribution in [-0.2, 0) is 31.4 Å². The average Bonchev–Trinajstić information content (AvgIpc) is 2.53. The molecule has 0 bridgehead atoms. The van der Waals surface area contributed by atoms with Crippen molar-refractivity contribution in [2.75, 3.05) is 0 Å². The molecule has 0 aromatic heterocycles. The highest BCUT2D eigenvalue weighted by Gasteiger charge is 2.01. The van der Waals surface area contributed by atoms with Gasteiger partial charge in [0.2, 0.25) is 0 Å². The van der Waals surface area contributed by atoms with Gasteiger partial charge in [0.25, 0.3) is 0 Å². The fourth-order valence-corrected chi connectivity index (χ4v) is 1.91. The normalized spacial score (nSPS) is 10.2. The van der Waals surface area contributed by atoms with Gasteiger partial charge in [-0.2, -0.15) is 0 Å². The van der Waals surface area contributed by atoms with E-state index in [2.05, 4.69) is 9.05 Å². The summed E-state index contributed by atoms with van der Waals surface area (Å²) in [5, 5.41) is 0. The maximum atomic E-state index is 9.99. The Hall–Kier alpha value is -1.60. The van der Waals surface area contributed by atoms with E-state index in [4.69, 9.17) is 0 Å². The SMILES string of the molecule is O=[P+]([O-])OCc1ccccc1.O=[P+]([O-])OCc1ccccc1.[NH4+].[NH4+]. The lowest BCUT2D eigenvalue weighted by molar-refractivity contribution is -0.187. The van der Waals surface area contributed by atoms with Crippen LogP contribution in [0.4, 0.5) is 0 Å². The van der Waals surface area contributed by atoms with Gasteiger partial charge in [0, 0.05) is 0 Å². The van der Waals surface area contributed by atoms with Gasteiger partial charge in [-0.05, 0) is 20.3 Å². The first-order chi connectivity index (χ1) is 10.6. The quantitative estimate of drug-likeness (QED) is 0.732. The summed E-state index contributed by atoms with van der Waals surface area (Å²) in [5.74, 6) is 0. The smallest absolute Gasteiger partial charge is 0.488 e. The van der Waals surface area contributed by atoms with Gasteiger partial charge in [-0.15, -0.1) is 9.05 Å². The lowest BCUT2D eigenvalue weighted by Crippen LogP contribution is -1.91. The van der Waals surface area contributed by atoms with Gasteiger partial charge in [0.1, 0.15) is 13.2 Å². The molecule has 0 saturated carbocycles. The van der Waals surface area contributed by atoms with Crippen molar-refractivity contribution in [3.8, 4) is 0 Å². The number of benzene rings is 2. The monoisotopic (exact) mass is 376 g/mol. The molecule has 132 valence electrons. The van der Waals surface area contributed by atoms with Gasteiger partial charge in [-0.3, -0.25) is 0 Å². The zero-order chi connectivity index (χ0) is 16.2. The van der Waals surface area contributed by atoms with Crippen LogP contribution in [0.1, 0.15) is 11.1 Å². The molecule has 0 saturated heterocycles. The Labute approximate surface area is 142 Å². The number of hydrogen-bond acceptors (Lipinski definition) is 6. The maximum absolute atomic E-state index is 9.99. The molecule has 10 heteroatoms. The Morgan fingerprint density at radius 2 is 0.958 bits per heavy atom. The third-order valence-electron chi connectivity index (χ3n) is 2.36. The maximum Gasteiger partial charge on any atom is 0.488 e. The minimum atomic E-state index is -2.72. The summed E-state index contributed by atoms with van der Waals surface area (Å²) in [6.07, 6.45) is 0. The molecule has 0 radical (unpaired) electrons. The molecule has 2 unspecified atom stereocenters. The van der Waals surface area contributed by atoms with E-state index < -0.39 is 16.5 Å². The second-order valence-electron chi connectivity index (χ2n) is 3.97. The predicted octanol–water partition coefficient (Wildman–Crippen LogP) is 3.19. The average molecular weight is 376 g/mol. The van der Waals surface area contributed by atoms with Crippen LogP contribution in [0.2, 0.25) is 0 Å². The van der Waals surface area contributed by atoms with E-state index in [0.717, 1.165) is 11.1 Å². The van der Waals surface area contributed by atoms with Gasteiger partial charge in [-0.1, -0.05) is 60.7 Å². The van der Waals surface area contributed by atoms with E-state index >= 15 is 0 Å². The van der Waals surface area contributed by atoms with Crippen LogP contribution >= 0.6 is 16.5 Å². The van der Waals surface area contributed by atoms with Gasteiger partial charge in [0.05, 0.1) is 0 Å². The highest BCUT2D eigenvalue weighted by Crippen LogP contribution is 2.13. The Kier molecular flexibility index (Phi) is 15.4. The second kappa shape index (κ2) is 15.0. The van der Waals surface area contributed by atoms with Crippen LogP contribution in [0, 0.1) is 0 Å². The molecular weight excluding hydrogens is 354 g/mol. The first-order valence-corrected chi connectivity index (χ1v) is 8.39. The topological polar surface area (TPSA) is 172 Å². The predicted molar refractivity (Wildman–Crippen MR) is 89.6 cm³/mol. The standard InChI is InChI=1S/2C7H7O3P.2H3N/c2*8-11(9)10-6-7-4-2-1-3-5-7;;/h2*1-5H,6H2;2*1H3/p+2. The third-order valence-corrected chi connectivity index (χ3v) is 3.04. The van der Waals surface area contributed by atoms with Crippen molar-refractivity contribution in [3.63, 3.8) is 0 Å². The Balaban J connectivity index is 0. The molecule has 2 aromatic rings. The molecule has 0 amide bonds. The summed E-state index contributed by atoms with van der Waals surface area (Å²) < 4.78 is 28.7. The van der Waals surface area contributed by atoms with Crippen molar-refractivity contribution in [2.24, 2.45) is 0 Å². The zero-order valence-electron chi connectivity index (χ0n) is 13.5. The van der Waals surface area contributed by atoms with Crippen molar-refractivity contribution in [1.82, 2.24) is 12.3 Å². The lowest BCUT2D eigenvalue weighted by atomic mass is 10.2. The van der Waals surface area contributed by atoms with E-state index in [1.54, 1.807) is 24.3 Å². The van der Waals surface area contributed by atoms with E-state index in [1.165, 1.54) is 0 Å². The Bertz CT molecular complexity index is 533. The molecule has 2 aromatic carbocycles. The molecule has 24 heavy (non-hydrogen) atoms. The number of hydrogen-bond donors (Lipinski definition) is 2. The lowest BCUT2D eigenvalue weighted by Gasteiger charge is -1.93. The summed E-state index contributed by atoms with van der Waals surface area (Å²) in [6.45, 7) is 0.249. The van der Waals surface area contributed by atoms with E-state index in [1.807, 2.05) is 36.4 Å². The van der Waals surface area contributed by atoms with Gasteiger partial charge in [-0.25, -0.2) is 0 Å². The van der Waals surface area contributed by atoms with Crippen LogP contribution in [-0.4, -0.2) is 0 Å². The van der Waals surface area contributed by atoms with Crippen molar-refractivity contribution < 1.29 is 28.0 Å². The summed E-state index contributed by atoms with van der Waals surface area (Å²) in [4.78, 5) is 20.0. The number of quaternary nitrogens is 2. The molecule has 0 spiro atoms. The third kappa shape index (κ3) is 12.9. The summed E-state index contributed by atoms with van der Waals surface area (Å²) in [6, 6.07) is 18.3. The van der Waals surface area contributed by atoms with Crippen LogP contribution in [0.25, 0.3) is 0 Å². The highest BCUT2D eigenvalue weighted by atomic mass is 31.1. The first kappa shape index (κ1) is 24.6. The molecule has 0 heterocycles. The van der Waals surface area contributed by atoms with Crippen molar-refractivity contribution in [3.05, 3.63) is 71.8 Å². The van der Waals surface area contributed by atoms with Gasteiger partial charge in [0.15, 0.2) is 0 Å². The van der Waals surface area contributed by atoms with E-state index in [9.17, 15) is 18.9 Å². The fraction of sp³-hybridized carbons (Fsp3) is 0.143. The summed E-state index contributed by atoms with van der Waals surface area (Å²) in [5.41, 5.74) is 1.71. The molecule has 2 atom stereocenters. The highest BCUT2D eigenvalue weighted by molar-refractivity contribution is 7.30. The zero-order valence-corrected chi connectivity index (χ0v) is 15.3. The molecule has 8 nitrogen and oxygen atoms in total. The molecule has 8 N–H and O–H groups in total. The van der Waals surface area contributed by atoms with E-state index in [-0.39, 0.29) is 25.5 Å². The van der Waals surface area contributed by atoms with Crippen LogP contribution < -0.4 is 22.1 Å². The Morgan fingerprint density at radius 1 is 0.667 bits per heavy atom. The summed E-state index contributed by atoms with van der Waals surface area (Å²) in [7, 11) is -5.45. The van der Waals surface area contributed by atoms with Crippen molar-refractivity contribution in [1.29, 1.82) is 0 Å². The molecule has 0 fully saturated rings. The molecule has 0 aliphatic heterocycles. The Morgan fingerprint density at radius 3 is 1.21 bits per heavy atom. The van der Waals surface area contributed by atoms with Crippen LogP contribution in [0.5, 0.6) is 0 Å². The number of rotatable bonds is 6. The van der Waals surface area contributed by atoms with Gasteiger partial charge < -0.3 is 22.1 Å². The van der Waals surface area contributed by atoms with Crippen LogP contribution in [0.15, 0.2) is 60.7 Å². The summed E-state index contributed by atoms with van der Waals surface area (Å²) >= 11 is 0. The van der Waals surface area contributed by atoms with Crippen LogP contribution in [0.3, 0.4) is 0 Å². The minimum absolute atomic E-state index is 0. The molecule has 0 aliphatic rings. The fourth-order valence-electron chi connectivity index (χ4n) is 1.40. The molecular formula is C14H22N2O6P2+2. The molecule has 2 rings (SSSR count). The van der Waals surface area contributed by atoms with E-state index in [0.29, 0.717) is 0 Å². The largest absolute Gasteiger partial charge is 0.566 e. The first-order valence-electron chi connectivity index (χ1n) is 6.20. The van der Waals surface area contributed by atoms with Gasteiger partial charge >= 0.3 is 16.5 Å². The second-order valence-corrected chi connectivity index (χ2v) is 5.38. The minimum Gasteiger partial charge on any atom is -0.566 e. The van der Waals surface area contributed by atoms with Crippen molar-refractivity contribution >= 4 is 16.5 Å².